The van der Waals surface area contributed by atoms with Crippen molar-refractivity contribution in [2.45, 2.75) is 128 Å². The molecule has 0 fully saturated rings. The molecule has 0 aliphatic heterocycles. The highest BCUT2D eigenvalue weighted by atomic mass is 32.2. The molecular formula is C26H53O8PS. The maximum Gasteiger partial charge on any atom is 0.350 e. The van der Waals surface area contributed by atoms with Crippen LogP contribution >= 0.6 is 19.6 Å². The van der Waals surface area contributed by atoms with E-state index in [1.165, 1.54) is 90.6 Å². The number of hydrogen-bond donors (Lipinski definition) is 2. The van der Waals surface area contributed by atoms with Gasteiger partial charge in [-0.2, -0.15) is 0 Å². The summed E-state index contributed by atoms with van der Waals surface area (Å²) in [5.74, 6) is -0.806. The Morgan fingerprint density at radius 3 is 1.72 bits per heavy atom. The molecule has 0 rings (SSSR count). The van der Waals surface area contributed by atoms with Gasteiger partial charge >= 0.3 is 13.6 Å². The number of rotatable bonds is 27. The first kappa shape index (κ1) is 35.9. The zero-order valence-corrected chi connectivity index (χ0v) is 24.7. The average Bonchev–Trinajstić information content (AvgIpc) is 2.84. The van der Waals surface area contributed by atoms with Gasteiger partial charge in [-0.15, -0.1) is 0 Å². The summed E-state index contributed by atoms with van der Waals surface area (Å²) in [5.41, 5.74) is -0.793. The molecule has 0 radical (unpaired) electrons. The van der Waals surface area contributed by atoms with Gasteiger partial charge in [0.2, 0.25) is 0 Å². The van der Waals surface area contributed by atoms with Crippen LogP contribution in [-0.2, 0) is 27.5 Å². The van der Waals surface area contributed by atoms with E-state index in [0.717, 1.165) is 19.3 Å². The molecule has 2 unspecified atom stereocenters. The third-order valence-corrected chi connectivity index (χ3v) is 8.52. The summed E-state index contributed by atoms with van der Waals surface area (Å²) in [5, 5.41) is 9.51. The molecule has 0 aromatic heterocycles. The van der Waals surface area contributed by atoms with Gasteiger partial charge in [0.15, 0.2) is 5.44 Å². The minimum absolute atomic E-state index is 0.118. The van der Waals surface area contributed by atoms with E-state index in [4.69, 9.17) is 13.4 Å². The molecule has 2 N–H and O–H groups in total. The van der Waals surface area contributed by atoms with Crippen molar-refractivity contribution in [1.29, 1.82) is 0 Å². The Morgan fingerprint density at radius 1 is 0.833 bits per heavy atom. The number of hydrogen-bond acceptors (Lipinski definition) is 8. The number of carbonyl (C=O) groups excluding carboxylic acids is 1. The highest BCUT2D eigenvalue weighted by Crippen LogP contribution is 2.47. The topological polar surface area (TPSA) is 112 Å². The Hall–Kier alpha value is -0.150. The van der Waals surface area contributed by atoms with E-state index < -0.39 is 31.3 Å². The number of methoxy groups -OCH3 is 1. The fraction of sp³-hybridized carbons (Fsp3) is 0.962. The van der Waals surface area contributed by atoms with E-state index in [1.54, 1.807) is 6.92 Å². The van der Waals surface area contributed by atoms with Gasteiger partial charge < -0.3 is 24.2 Å². The van der Waals surface area contributed by atoms with E-state index >= 15 is 0 Å². The lowest BCUT2D eigenvalue weighted by Crippen LogP contribution is -2.32. The molecule has 0 aliphatic carbocycles. The predicted octanol–water partition coefficient (Wildman–Crippen LogP) is 7.01. The Bertz CT molecular complexity index is 548. The maximum absolute atomic E-state index is 12.1. The second-order valence-corrected chi connectivity index (χ2v) is 12.1. The molecule has 0 saturated heterocycles. The predicted molar refractivity (Wildman–Crippen MR) is 147 cm³/mol. The Morgan fingerprint density at radius 2 is 1.31 bits per heavy atom. The van der Waals surface area contributed by atoms with Gasteiger partial charge in [0.1, 0.15) is 12.3 Å². The molecule has 10 heteroatoms. The summed E-state index contributed by atoms with van der Waals surface area (Å²) in [4.78, 5) is 21.3. The molecule has 8 nitrogen and oxygen atoms in total. The second-order valence-electron chi connectivity index (χ2n) is 9.27. The number of aliphatic hydroxyl groups is 1. The van der Waals surface area contributed by atoms with Crippen molar-refractivity contribution < 1.29 is 37.5 Å². The molecule has 0 aromatic carbocycles. The number of carbonyl (C=O) groups is 1. The zero-order valence-electron chi connectivity index (χ0n) is 23.0. The summed E-state index contributed by atoms with van der Waals surface area (Å²) in [6, 6.07) is 0. The first-order valence-corrected chi connectivity index (χ1v) is 16.5. The minimum atomic E-state index is -4.20. The van der Waals surface area contributed by atoms with Crippen molar-refractivity contribution in [3.63, 3.8) is 0 Å². The maximum atomic E-state index is 12.1. The van der Waals surface area contributed by atoms with Crippen LogP contribution in [0.1, 0.15) is 117 Å². The van der Waals surface area contributed by atoms with Gasteiger partial charge in [0, 0.05) is 25.8 Å². The molecule has 0 amide bonds. The van der Waals surface area contributed by atoms with Crippen LogP contribution in [0.3, 0.4) is 0 Å². The lowest BCUT2D eigenvalue weighted by molar-refractivity contribution is -0.140. The van der Waals surface area contributed by atoms with Gasteiger partial charge in [-0.25, -0.2) is 3.97 Å². The van der Waals surface area contributed by atoms with Crippen molar-refractivity contribution in [2.24, 2.45) is 0 Å². The van der Waals surface area contributed by atoms with E-state index in [0.29, 0.717) is 18.6 Å². The number of esters is 1. The Labute approximate surface area is 224 Å². The number of aliphatic hydroxyl groups excluding tert-OH is 1. The van der Waals surface area contributed by atoms with Gasteiger partial charge in [0.05, 0.1) is 13.2 Å². The van der Waals surface area contributed by atoms with Crippen LogP contribution in [0.5, 0.6) is 0 Å². The smallest absolute Gasteiger partial charge is 0.350 e. The van der Waals surface area contributed by atoms with E-state index in [9.17, 15) is 19.4 Å². The first-order chi connectivity index (χ1) is 17.4. The molecule has 3 atom stereocenters. The Balaban J connectivity index is 3.86. The molecule has 0 heterocycles. The van der Waals surface area contributed by atoms with Crippen molar-refractivity contribution in [3.05, 3.63) is 0 Å². The van der Waals surface area contributed by atoms with Crippen LogP contribution in [0.2, 0.25) is 0 Å². The van der Waals surface area contributed by atoms with E-state index in [1.807, 2.05) is 0 Å². The van der Waals surface area contributed by atoms with Gasteiger partial charge in [-0.3, -0.25) is 9.36 Å². The molecular weight excluding hydrogens is 503 g/mol. The largest absolute Gasteiger partial charge is 0.466 e. The summed E-state index contributed by atoms with van der Waals surface area (Å²) in [6.07, 6.45) is 19.1. The lowest BCUT2D eigenvalue weighted by atomic mass is 10.0. The highest BCUT2D eigenvalue weighted by Gasteiger charge is 2.31. The fourth-order valence-electron chi connectivity index (χ4n) is 3.82. The van der Waals surface area contributed by atoms with Crippen molar-refractivity contribution >= 4 is 25.6 Å². The summed E-state index contributed by atoms with van der Waals surface area (Å²) in [6.45, 7) is 4.09. The molecule has 0 aliphatic rings. The standard InChI is InChI=1S/C26H53O8PS/c1-4-6-7-8-9-10-11-12-13-14-15-16-17-18-19-20-21-33-26(24(22-27)31-3)36-34-35(29,30)23-25(28)32-5-2/h24,26-27H,4-23H2,1-3H3,(H,29,30)/t24-,26?/m0/s1. The third kappa shape index (κ3) is 21.9. The quantitative estimate of drug-likeness (QED) is 0.0363. The van der Waals surface area contributed by atoms with Gasteiger partial charge in [-0.05, 0) is 13.3 Å². The minimum Gasteiger partial charge on any atom is -0.466 e. The third-order valence-electron chi connectivity index (χ3n) is 5.95. The average molecular weight is 557 g/mol. The molecule has 0 spiro atoms. The second kappa shape index (κ2) is 25.1. The summed E-state index contributed by atoms with van der Waals surface area (Å²) in [7, 11) is -2.78. The lowest BCUT2D eigenvalue weighted by Gasteiger charge is -2.24. The van der Waals surface area contributed by atoms with Crippen LogP contribution in [0.25, 0.3) is 0 Å². The molecule has 36 heavy (non-hydrogen) atoms. The molecule has 0 bridgehead atoms. The van der Waals surface area contributed by atoms with E-state index in [-0.39, 0.29) is 13.2 Å². The van der Waals surface area contributed by atoms with Crippen LogP contribution in [-0.4, -0.2) is 60.6 Å². The van der Waals surface area contributed by atoms with Crippen molar-refractivity contribution in [3.8, 4) is 0 Å². The van der Waals surface area contributed by atoms with Crippen molar-refractivity contribution in [2.75, 3.05) is 33.1 Å². The van der Waals surface area contributed by atoms with Crippen LogP contribution in [0.15, 0.2) is 0 Å². The molecule has 0 aromatic rings. The SMILES string of the molecule is CCCCCCCCCCCCCCCCCCOC(SOP(=O)(O)CC(=O)OCC)[C@H](CO)OC. The summed E-state index contributed by atoms with van der Waals surface area (Å²) < 4.78 is 32.7. The fourth-order valence-corrected chi connectivity index (χ4v) is 5.80. The number of unbranched alkanes of at least 4 members (excludes halogenated alkanes) is 15. The Kier molecular flexibility index (Phi) is 25.0. The highest BCUT2D eigenvalue weighted by molar-refractivity contribution is 7.98. The van der Waals surface area contributed by atoms with E-state index in [2.05, 4.69) is 11.7 Å². The zero-order chi connectivity index (χ0) is 26.9. The normalized spacial score (nSPS) is 14.9. The summed E-state index contributed by atoms with van der Waals surface area (Å²) >= 11 is 0.606. The van der Waals surface area contributed by atoms with Gasteiger partial charge in [0.25, 0.3) is 0 Å². The monoisotopic (exact) mass is 556 g/mol. The number of ether oxygens (including phenoxy) is 3. The molecule has 216 valence electrons. The first-order valence-electron chi connectivity index (χ1n) is 14.0. The van der Waals surface area contributed by atoms with Gasteiger partial charge in [-0.1, -0.05) is 103 Å². The van der Waals surface area contributed by atoms with Crippen LogP contribution in [0, 0.1) is 0 Å². The van der Waals surface area contributed by atoms with Crippen LogP contribution < -0.4 is 0 Å². The van der Waals surface area contributed by atoms with Crippen molar-refractivity contribution in [1.82, 2.24) is 0 Å². The molecule has 0 saturated carbocycles. The van der Waals surface area contributed by atoms with Crippen LogP contribution in [0.4, 0.5) is 0 Å².